The minimum absolute atomic E-state index is 0.111. The van der Waals surface area contributed by atoms with Crippen LogP contribution < -0.4 is 4.74 Å². The van der Waals surface area contributed by atoms with Crippen LogP contribution in [0.4, 0.5) is 4.39 Å². The van der Waals surface area contributed by atoms with Crippen molar-refractivity contribution in [3.63, 3.8) is 0 Å². The molecule has 0 radical (unpaired) electrons. The van der Waals surface area contributed by atoms with Gasteiger partial charge in [0.25, 0.3) is 0 Å². The minimum atomic E-state index is -0.846. The van der Waals surface area contributed by atoms with Crippen molar-refractivity contribution in [2.24, 2.45) is 0 Å². The second-order valence-corrected chi connectivity index (χ2v) is 5.74. The van der Waals surface area contributed by atoms with Crippen molar-refractivity contribution in [1.82, 2.24) is 4.90 Å². The lowest BCUT2D eigenvalue weighted by Gasteiger charge is -2.22. The van der Waals surface area contributed by atoms with Crippen LogP contribution in [0.1, 0.15) is 31.4 Å². The van der Waals surface area contributed by atoms with Crippen molar-refractivity contribution in [3.05, 3.63) is 54.1 Å². The van der Waals surface area contributed by atoms with Gasteiger partial charge in [-0.15, -0.1) is 0 Å². The van der Waals surface area contributed by atoms with Crippen LogP contribution in [0.25, 0.3) is 11.1 Å². The summed E-state index contributed by atoms with van der Waals surface area (Å²) in [4.78, 5) is 24.9. The SMILES string of the molecule is CC(=O)N1C(=O)CCC1c1ccc(-c2ccc(OCF)cc2)cc1. The molecule has 124 valence electrons. The van der Waals surface area contributed by atoms with E-state index < -0.39 is 6.86 Å². The summed E-state index contributed by atoms with van der Waals surface area (Å²) in [6.07, 6.45) is 1.06. The number of alkyl halides is 1. The van der Waals surface area contributed by atoms with Gasteiger partial charge in [-0.05, 0) is 35.2 Å². The summed E-state index contributed by atoms with van der Waals surface area (Å²) >= 11 is 0. The number of ether oxygens (including phenoxy) is 1. The van der Waals surface area contributed by atoms with Gasteiger partial charge in [-0.3, -0.25) is 14.5 Å². The Morgan fingerprint density at radius 3 is 2.25 bits per heavy atom. The molecule has 0 bridgehead atoms. The second-order valence-electron chi connectivity index (χ2n) is 5.74. The van der Waals surface area contributed by atoms with Gasteiger partial charge < -0.3 is 4.74 Å². The highest BCUT2D eigenvalue weighted by Gasteiger charge is 2.34. The normalized spacial score (nSPS) is 17.2. The van der Waals surface area contributed by atoms with Gasteiger partial charge in [0.05, 0.1) is 6.04 Å². The van der Waals surface area contributed by atoms with Crippen molar-refractivity contribution in [2.75, 3.05) is 6.86 Å². The molecule has 0 aliphatic carbocycles. The first-order chi connectivity index (χ1) is 11.6. The molecule has 1 aliphatic rings. The van der Waals surface area contributed by atoms with Gasteiger partial charge in [-0.25, -0.2) is 4.39 Å². The monoisotopic (exact) mass is 327 g/mol. The minimum Gasteiger partial charge on any atom is -0.463 e. The topological polar surface area (TPSA) is 46.6 Å². The molecule has 1 atom stereocenters. The smallest absolute Gasteiger partial charge is 0.229 e. The number of benzene rings is 2. The van der Waals surface area contributed by atoms with Crippen LogP contribution in [0.5, 0.6) is 5.75 Å². The van der Waals surface area contributed by atoms with E-state index in [0.717, 1.165) is 16.7 Å². The number of imide groups is 1. The molecule has 1 heterocycles. The lowest BCUT2D eigenvalue weighted by atomic mass is 9.99. The quantitative estimate of drug-likeness (QED) is 0.856. The molecule has 0 saturated carbocycles. The van der Waals surface area contributed by atoms with Crippen LogP contribution in [0.3, 0.4) is 0 Å². The first-order valence-corrected chi connectivity index (χ1v) is 7.82. The molecular formula is C19H18FNO3. The summed E-state index contributed by atoms with van der Waals surface area (Å²) < 4.78 is 16.9. The zero-order valence-corrected chi connectivity index (χ0v) is 13.4. The Balaban J connectivity index is 1.80. The van der Waals surface area contributed by atoms with Gasteiger partial charge in [-0.2, -0.15) is 0 Å². The van der Waals surface area contributed by atoms with Crippen molar-refractivity contribution in [2.45, 2.75) is 25.8 Å². The Morgan fingerprint density at radius 2 is 1.71 bits per heavy atom. The van der Waals surface area contributed by atoms with E-state index in [-0.39, 0.29) is 17.9 Å². The molecule has 1 fully saturated rings. The van der Waals surface area contributed by atoms with Crippen molar-refractivity contribution in [3.8, 4) is 16.9 Å². The third-order valence-corrected chi connectivity index (χ3v) is 4.26. The van der Waals surface area contributed by atoms with Crippen LogP contribution in [0.15, 0.2) is 48.5 Å². The Kier molecular flexibility index (Phi) is 4.60. The number of halogens is 1. The maximum atomic E-state index is 12.1. The maximum Gasteiger partial charge on any atom is 0.229 e. The summed E-state index contributed by atoms with van der Waals surface area (Å²) in [7, 11) is 0. The van der Waals surface area contributed by atoms with E-state index in [0.29, 0.717) is 18.6 Å². The van der Waals surface area contributed by atoms with Crippen molar-refractivity contribution >= 4 is 11.8 Å². The molecular weight excluding hydrogens is 309 g/mol. The van der Waals surface area contributed by atoms with Crippen LogP contribution >= 0.6 is 0 Å². The van der Waals surface area contributed by atoms with Gasteiger partial charge >= 0.3 is 0 Å². The molecule has 1 aliphatic heterocycles. The number of hydrogen-bond acceptors (Lipinski definition) is 3. The number of carbonyl (C=O) groups excluding carboxylic acids is 2. The molecule has 0 spiro atoms. The summed E-state index contributed by atoms with van der Waals surface area (Å²) in [6, 6.07) is 14.8. The van der Waals surface area contributed by atoms with Gasteiger partial charge in [0.1, 0.15) is 5.75 Å². The number of nitrogens with zero attached hydrogens (tertiary/aromatic N) is 1. The molecule has 3 rings (SSSR count). The van der Waals surface area contributed by atoms with E-state index in [1.807, 2.05) is 36.4 Å². The fourth-order valence-corrected chi connectivity index (χ4v) is 3.10. The number of hydrogen-bond donors (Lipinski definition) is 0. The highest BCUT2D eigenvalue weighted by molar-refractivity contribution is 5.96. The van der Waals surface area contributed by atoms with E-state index in [1.165, 1.54) is 11.8 Å². The Hall–Kier alpha value is -2.69. The predicted molar refractivity (Wildman–Crippen MR) is 88.0 cm³/mol. The van der Waals surface area contributed by atoms with Gasteiger partial charge in [0.2, 0.25) is 18.7 Å². The zero-order chi connectivity index (χ0) is 17.1. The second kappa shape index (κ2) is 6.83. The molecule has 0 aromatic heterocycles. The van der Waals surface area contributed by atoms with Crippen LogP contribution in [-0.4, -0.2) is 23.6 Å². The number of amides is 2. The zero-order valence-electron chi connectivity index (χ0n) is 13.4. The molecule has 2 aromatic carbocycles. The van der Waals surface area contributed by atoms with Gasteiger partial charge in [0, 0.05) is 13.3 Å². The third kappa shape index (κ3) is 3.15. The number of likely N-dealkylation sites (tertiary alicyclic amines) is 1. The summed E-state index contributed by atoms with van der Waals surface area (Å²) in [5, 5.41) is 0. The molecule has 2 aromatic rings. The predicted octanol–water partition coefficient (Wildman–Crippen LogP) is 3.87. The third-order valence-electron chi connectivity index (χ3n) is 4.26. The Bertz CT molecular complexity index is 740. The molecule has 5 heteroatoms. The fraction of sp³-hybridized carbons (Fsp3) is 0.263. The average molecular weight is 327 g/mol. The summed E-state index contributed by atoms with van der Waals surface area (Å²) in [6.45, 7) is 0.576. The molecule has 1 unspecified atom stereocenters. The first kappa shape index (κ1) is 16.2. The molecule has 0 N–H and O–H groups in total. The van der Waals surface area contributed by atoms with Crippen LogP contribution in [0.2, 0.25) is 0 Å². The lowest BCUT2D eigenvalue weighted by molar-refractivity contribution is -0.142. The van der Waals surface area contributed by atoms with Gasteiger partial charge in [-0.1, -0.05) is 36.4 Å². The van der Waals surface area contributed by atoms with Crippen molar-refractivity contribution < 1.29 is 18.7 Å². The van der Waals surface area contributed by atoms with E-state index in [4.69, 9.17) is 4.74 Å². The highest BCUT2D eigenvalue weighted by Crippen LogP contribution is 2.34. The fourth-order valence-electron chi connectivity index (χ4n) is 3.10. The van der Waals surface area contributed by atoms with Crippen LogP contribution in [-0.2, 0) is 9.59 Å². The molecule has 2 amide bonds. The van der Waals surface area contributed by atoms with Crippen molar-refractivity contribution in [1.29, 1.82) is 0 Å². The summed E-state index contributed by atoms with van der Waals surface area (Å²) in [5.74, 6) is 0.162. The maximum absolute atomic E-state index is 12.1. The number of rotatable bonds is 4. The average Bonchev–Trinajstić information content (AvgIpc) is 2.98. The van der Waals surface area contributed by atoms with E-state index in [2.05, 4.69) is 0 Å². The van der Waals surface area contributed by atoms with E-state index >= 15 is 0 Å². The summed E-state index contributed by atoms with van der Waals surface area (Å²) in [5.41, 5.74) is 2.94. The molecule has 1 saturated heterocycles. The Morgan fingerprint density at radius 1 is 1.12 bits per heavy atom. The highest BCUT2D eigenvalue weighted by atomic mass is 19.1. The van der Waals surface area contributed by atoms with E-state index in [1.54, 1.807) is 12.1 Å². The van der Waals surface area contributed by atoms with Gasteiger partial charge in [0.15, 0.2) is 0 Å². The lowest BCUT2D eigenvalue weighted by Crippen LogP contribution is -2.32. The van der Waals surface area contributed by atoms with E-state index in [9.17, 15) is 14.0 Å². The molecule has 4 nitrogen and oxygen atoms in total. The largest absolute Gasteiger partial charge is 0.463 e. The number of carbonyl (C=O) groups is 2. The van der Waals surface area contributed by atoms with Crippen LogP contribution in [0, 0.1) is 0 Å². The molecule has 24 heavy (non-hydrogen) atoms. The Labute approximate surface area is 139 Å². The first-order valence-electron chi connectivity index (χ1n) is 7.82. The standard InChI is InChI=1S/C19H18FNO3/c1-13(22)21-18(10-11-19(21)23)16-4-2-14(3-5-16)15-6-8-17(9-7-15)24-12-20/h2-9,18H,10-12H2,1H3.